The summed E-state index contributed by atoms with van der Waals surface area (Å²) in [7, 11) is 11.0. The summed E-state index contributed by atoms with van der Waals surface area (Å²) in [4.78, 5) is 67.2. The normalized spacial score (nSPS) is 12.1. The minimum Gasteiger partial charge on any atom is -0.496 e. The number of rotatable bonds is 24. The summed E-state index contributed by atoms with van der Waals surface area (Å²) < 4.78 is 54.7. The van der Waals surface area contributed by atoms with Gasteiger partial charge in [0.1, 0.15) is 68.2 Å². The second-order valence-corrected chi connectivity index (χ2v) is 17.9. The first kappa shape index (κ1) is 51.6. The van der Waals surface area contributed by atoms with Gasteiger partial charge in [-0.15, -0.1) is 0 Å². The minimum atomic E-state index is -2.87. The molecule has 0 bridgehead atoms. The van der Waals surface area contributed by atoms with Crippen molar-refractivity contribution in [3.05, 3.63) is 95.1 Å². The molecule has 0 aromatic heterocycles. The lowest BCUT2D eigenvalue weighted by molar-refractivity contribution is -0.161. The highest BCUT2D eigenvalue weighted by molar-refractivity contribution is 6.29. The molecular formula is C52H66O13. The summed E-state index contributed by atoms with van der Waals surface area (Å²) >= 11 is 0. The topological polar surface area (TPSA) is 151 Å². The summed E-state index contributed by atoms with van der Waals surface area (Å²) in [5.41, 5.74) is -9.72. The van der Waals surface area contributed by atoms with Crippen molar-refractivity contribution < 1.29 is 61.8 Å². The van der Waals surface area contributed by atoms with Crippen LogP contribution in [-0.2, 0) is 4.74 Å². The molecule has 0 fully saturated rings. The van der Waals surface area contributed by atoms with Crippen LogP contribution in [0.15, 0.2) is 72.8 Å². The van der Waals surface area contributed by atoms with Gasteiger partial charge >= 0.3 is 0 Å². The van der Waals surface area contributed by atoms with Crippen LogP contribution in [0.25, 0.3) is 0 Å². The Bertz CT molecular complexity index is 1970. The lowest BCUT2D eigenvalue weighted by Gasteiger charge is -2.53. The van der Waals surface area contributed by atoms with Gasteiger partial charge in [-0.3, -0.25) is 19.2 Å². The zero-order chi connectivity index (χ0) is 48.7. The molecule has 0 aliphatic carbocycles. The third-order valence-corrected chi connectivity index (χ3v) is 11.9. The molecule has 0 aliphatic rings. The standard InChI is InChI=1S/C52H66O13/c1-31(2)29-49(5,6)51(45(53)41-33(57-9)21-17-22-34(41)58-10,46(54)42-35(59-11)23-18-24-36(42)60-12)65-52(50(7,8)30-32(3)4,47(55)43-37(61-13)25-19-26-38(43)62-14)48(56)44-39(63-15)27-20-28-40(44)64-16/h17-28,31-32H,29-30H2,1-16H3. The van der Waals surface area contributed by atoms with Gasteiger partial charge in [0, 0.05) is 10.8 Å². The number of benzene rings is 4. The van der Waals surface area contributed by atoms with E-state index in [2.05, 4.69) is 0 Å². The number of ether oxygens (including phenoxy) is 9. The first-order valence-electron chi connectivity index (χ1n) is 21.4. The molecule has 4 rings (SSSR count). The number of hydrogen-bond donors (Lipinski definition) is 0. The quantitative estimate of drug-likeness (QED) is 0.0485. The fraction of sp³-hybridized carbons (Fsp3) is 0.462. The van der Waals surface area contributed by atoms with E-state index in [0.717, 1.165) is 0 Å². The van der Waals surface area contributed by atoms with Crippen molar-refractivity contribution in [1.82, 2.24) is 0 Å². The summed E-state index contributed by atoms with van der Waals surface area (Å²) in [5.74, 6) is -4.05. The Balaban J connectivity index is 2.55. The molecule has 0 amide bonds. The van der Waals surface area contributed by atoms with Gasteiger partial charge in [-0.1, -0.05) is 79.7 Å². The molecule has 0 N–H and O–H groups in total. The van der Waals surface area contributed by atoms with Crippen molar-refractivity contribution in [2.24, 2.45) is 22.7 Å². The molecular weight excluding hydrogens is 833 g/mol. The first-order chi connectivity index (χ1) is 30.7. The van der Waals surface area contributed by atoms with Crippen LogP contribution < -0.4 is 37.9 Å². The smallest absolute Gasteiger partial charge is 0.210 e. The van der Waals surface area contributed by atoms with E-state index in [1.54, 1.807) is 100 Å². The molecule has 0 aliphatic heterocycles. The Labute approximate surface area is 383 Å². The molecule has 13 nitrogen and oxygen atoms in total. The largest absolute Gasteiger partial charge is 0.496 e. The van der Waals surface area contributed by atoms with Crippen LogP contribution in [0.5, 0.6) is 46.0 Å². The van der Waals surface area contributed by atoms with E-state index in [0.29, 0.717) is 0 Å². The Morgan fingerprint density at radius 2 is 0.538 bits per heavy atom. The summed E-state index contributed by atoms with van der Waals surface area (Å²) in [6, 6.07) is 18.9. The Morgan fingerprint density at radius 1 is 0.369 bits per heavy atom. The lowest BCUT2D eigenvalue weighted by Crippen LogP contribution is -2.70. The van der Waals surface area contributed by atoms with Crippen molar-refractivity contribution in [2.45, 2.75) is 79.4 Å². The molecule has 0 spiro atoms. The molecule has 0 radical (unpaired) electrons. The van der Waals surface area contributed by atoms with Gasteiger partial charge in [-0.2, -0.15) is 0 Å². The van der Waals surface area contributed by atoms with Crippen LogP contribution in [0.3, 0.4) is 0 Å². The van der Waals surface area contributed by atoms with Gasteiger partial charge in [-0.05, 0) is 73.2 Å². The van der Waals surface area contributed by atoms with Gasteiger partial charge in [-0.25, -0.2) is 0 Å². The van der Waals surface area contributed by atoms with Crippen molar-refractivity contribution in [3.63, 3.8) is 0 Å². The summed E-state index contributed by atoms with van der Waals surface area (Å²) in [6.07, 6.45) is 0.247. The number of methoxy groups -OCH3 is 8. The SMILES string of the molecule is COc1cccc(OC)c1C(=O)C(OC(C(=O)c1c(OC)cccc1OC)(C(=O)c1c(OC)cccc1OC)C(C)(C)CC(C)C)(C(=O)c1c(OC)cccc1OC)C(C)(C)CC(C)C. The molecule has 0 unspecified atom stereocenters. The maximum atomic E-state index is 16.8. The number of carbonyl (C=O) groups excluding carboxylic acids is 4. The maximum Gasteiger partial charge on any atom is 0.210 e. The second-order valence-electron chi connectivity index (χ2n) is 17.9. The number of ketones is 4. The van der Waals surface area contributed by atoms with Gasteiger partial charge < -0.3 is 42.6 Å². The van der Waals surface area contributed by atoms with Crippen molar-refractivity contribution in [2.75, 3.05) is 56.9 Å². The van der Waals surface area contributed by atoms with Crippen LogP contribution in [0.2, 0.25) is 0 Å². The molecule has 4 aromatic carbocycles. The highest BCUT2D eigenvalue weighted by atomic mass is 16.6. The average molecular weight is 899 g/mol. The third-order valence-electron chi connectivity index (χ3n) is 11.9. The number of Topliss-reactive ketones (excluding diaryl/α,β-unsaturated/α-hetero) is 4. The molecule has 352 valence electrons. The second kappa shape index (κ2) is 20.8. The first-order valence-corrected chi connectivity index (χ1v) is 21.4. The van der Waals surface area contributed by atoms with E-state index in [-0.39, 0.29) is 92.9 Å². The van der Waals surface area contributed by atoms with E-state index in [9.17, 15) is 0 Å². The van der Waals surface area contributed by atoms with Crippen molar-refractivity contribution in [3.8, 4) is 46.0 Å². The van der Waals surface area contributed by atoms with Crippen molar-refractivity contribution >= 4 is 23.1 Å². The molecule has 0 heterocycles. The van der Waals surface area contributed by atoms with Gasteiger partial charge in [0.15, 0.2) is 0 Å². The van der Waals surface area contributed by atoms with Gasteiger partial charge in [0.2, 0.25) is 34.3 Å². The fourth-order valence-electron chi connectivity index (χ4n) is 9.46. The average Bonchev–Trinajstić information content (AvgIpc) is 3.28. The summed E-state index contributed by atoms with van der Waals surface area (Å²) in [5, 5.41) is 0. The Hall–Kier alpha value is -6.08. The Morgan fingerprint density at radius 3 is 0.677 bits per heavy atom. The van der Waals surface area contributed by atoms with Crippen LogP contribution in [-0.4, -0.2) is 91.2 Å². The van der Waals surface area contributed by atoms with Crippen LogP contribution >= 0.6 is 0 Å². The minimum absolute atomic E-state index is 0.0324. The van der Waals surface area contributed by atoms with Crippen LogP contribution in [0, 0.1) is 22.7 Å². The predicted molar refractivity (Wildman–Crippen MR) is 249 cm³/mol. The molecule has 13 heteroatoms. The molecule has 0 saturated heterocycles. The van der Waals surface area contributed by atoms with Crippen LogP contribution in [0.1, 0.15) is 110 Å². The summed E-state index contributed by atoms with van der Waals surface area (Å²) in [6.45, 7) is 14.5. The fourth-order valence-corrected chi connectivity index (χ4v) is 9.46. The molecule has 0 atom stereocenters. The van der Waals surface area contributed by atoms with E-state index in [1.807, 2.05) is 27.7 Å². The van der Waals surface area contributed by atoms with Crippen molar-refractivity contribution in [1.29, 1.82) is 0 Å². The number of carbonyl (C=O) groups is 4. The monoisotopic (exact) mass is 898 g/mol. The maximum absolute atomic E-state index is 16.8. The van der Waals surface area contributed by atoms with E-state index >= 15 is 19.2 Å². The van der Waals surface area contributed by atoms with Gasteiger partial charge in [0.25, 0.3) is 0 Å². The highest BCUT2D eigenvalue weighted by Gasteiger charge is 2.70. The third kappa shape index (κ3) is 9.25. The van der Waals surface area contributed by atoms with E-state index in [4.69, 9.17) is 42.6 Å². The highest BCUT2D eigenvalue weighted by Crippen LogP contribution is 2.56. The zero-order valence-electron chi connectivity index (χ0n) is 40.8. The van der Waals surface area contributed by atoms with Gasteiger partial charge in [0.05, 0.1) is 56.9 Å². The Kier molecular flexibility index (Phi) is 16.5. The number of hydrogen-bond acceptors (Lipinski definition) is 13. The molecule has 0 saturated carbocycles. The van der Waals surface area contributed by atoms with Crippen LogP contribution in [0.4, 0.5) is 0 Å². The molecule has 65 heavy (non-hydrogen) atoms. The predicted octanol–water partition coefficient (Wildman–Crippen LogP) is 10.2. The van der Waals surface area contributed by atoms with E-state index < -0.39 is 45.2 Å². The lowest BCUT2D eigenvalue weighted by atomic mass is 9.59. The van der Waals surface area contributed by atoms with E-state index in [1.165, 1.54) is 56.9 Å². The zero-order valence-corrected chi connectivity index (χ0v) is 40.8. The molecule has 4 aromatic rings.